The van der Waals surface area contributed by atoms with Crippen molar-refractivity contribution in [3.63, 3.8) is 0 Å². The number of rotatable bonds is 6. The summed E-state index contributed by atoms with van der Waals surface area (Å²) in [6.07, 6.45) is 0.865. The van der Waals surface area contributed by atoms with Gasteiger partial charge in [-0.15, -0.1) is 0 Å². The van der Waals surface area contributed by atoms with E-state index in [1.807, 2.05) is 31.2 Å². The van der Waals surface area contributed by atoms with Crippen LogP contribution in [0.25, 0.3) is 11.0 Å². The number of hydrogen-bond acceptors (Lipinski definition) is 2. The molecule has 0 aliphatic rings. The van der Waals surface area contributed by atoms with E-state index in [1.54, 1.807) is 18.2 Å². The van der Waals surface area contributed by atoms with E-state index in [-0.39, 0.29) is 18.1 Å². The lowest BCUT2D eigenvalue weighted by atomic mass is 10.1. The number of amides is 1. The number of hydrogen-bond donors (Lipinski definition) is 1. The molecule has 1 aromatic heterocycles. The van der Waals surface area contributed by atoms with E-state index in [1.165, 1.54) is 6.07 Å². The second-order valence-electron chi connectivity index (χ2n) is 5.77. The van der Waals surface area contributed by atoms with Crippen LogP contribution in [0.5, 0.6) is 0 Å². The molecule has 1 heterocycles. The highest BCUT2D eigenvalue weighted by Crippen LogP contribution is 2.15. The third kappa shape index (κ3) is 3.62. The number of nitrogens with one attached hydrogen (secondary N) is 1. The van der Waals surface area contributed by atoms with Gasteiger partial charge in [0.05, 0.1) is 17.5 Å². The summed E-state index contributed by atoms with van der Waals surface area (Å²) in [6.45, 7) is 3.32. The predicted molar refractivity (Wildman–Crippen MR) is 92.2 cm³/mol. The van der Waals surface area contributed by atoms with E-state index >= 15 is 0 Å². The monoisotopic (exact) mass is 325 g/mol. The summed E-state index contributed by atoms with van der Waals surface area (Å²) < 4.78 is 15.7. The topological polar surface area (TPSA) is 46.9 Å². The number of benzene rings is 2. The third-order valence-electron chi connectivity index (χ3n) is 4.03. The quantitative estimate of drug-likeness (QED) is 0.707. The Bertz CT molecular complexity index is 857. The van der Waals surface area contributed by atoms with Crippen molar-refractivity contribution in [1.29, 1.82) is 0 Å². The van der Waals surface area contributed by atoms with Gasteiger partial charge in [-0.05, 0) is 37.1 Å². The molecule has 3 aromatic rings. The molecule has 4 nitrogen and oxygen atoms in total. The predicted octanol–water partition coefficient (Wildman–Crippen LogP) is 3.23. The van der Waals surface area contributed by atoms with E-state index in [2.05, 4.69) is 14.9 Å². The molecule has 0 fully saturated rings. The average Bonchev–Trinajstić information content (AvgIpc) is 2.89. The van der Waals surface area contributed by atoms with Crippen molar-refractivity contribution in [3.05, 3.63) is 65.7 Å². The summed E-state index contributed by atoms with van der Waals surface area (Å²) in [5, 5.41) is 2.85. The molecule has 0 aliphatic carbocycles. The van der Waals surface area contributed by atoms with Crippen LogP contribution >= 0.6 is 0 Å². The Morgan fingerprint density at radius 2 is 1.92 bits per heavy atom. The molecule has 5 heteroatoms. The smallest absolute Gasteiger partial charge is 0.224 e. The van der Waals surface area contributed by atoms with Crippen molar-refractivity contribution in [2.24, 2.45) is 0 Å². The maximum absolute atomic E-state index is 13.5. The molecule has 0 spiro atoms. The van der Waals surface area contributed by atoms with Crippen LogP contribution < -0.4 is 5.32 Å². The molecule has 0 saturated heterocycles. The Kier molecular flexibility index (Phi) is 4.89. The molecule has 0 atom stereocenters. The van der Waals surface area contributed by atoms with Gasteiger partial charge in [-0.2, -0.15) is 0 Å². The molecular formula is C19H20FN3O. The molecule has 2 aromatic carbocycles. The number of halogens is 1. The van der Waals surface area contributed by atoms with Crippen LogP contribution in [0.15, 0.2) is 48.5 Å². The molecule has 0 bridgehead atoms. The summed E-state index contributed by atoms with van der Waals surface area (Å²) in [7, 11) is 0. The largest absolute Gasteiger partial charge is 0.356 e. The van der Waals surface area contributed by atoms with Gasteiger partial charge in [-0.1, -0.05) is 30.3 Å². The highest BCUT2D eigenvalue weighted by Gasteiger charge is 2.08. The van der Waals surface area contributed by atoms with Crippen LogP contribution in [0.3, 0.4) is 0 Å². The second kappa shape index (κ2) is 7.25. The van der Waals surface area contributed by atoms with Crippen molar-refractivity contribution in [2.45, 2.75) is 26.3 Å². The van der Waals surface area contributed by atoms with Gasteiger partial charge in [0.15, 0.2) is 0 Å². The van der Waals surface area contributed by atoms with Gasteiger partial charge < -0.3 is 9.88 Å². The minimum Gasteiger partial charge on any atom is -0.356 e. The van der Waals surface area contributed by atoms with Gasteiger partial charge >= 0.3 is 0 Å². The molecule has 0 unspecified atom stereocenters. The average molecular weight is 325 g/mol. The van der Waals surface area contributed by atoms with Crippen LogP contribution in [0.4, 0.5) is 4.39 Å². The number of carbonyl (C=O) groups excluding carboxylic acids is 1. The first-order valence-corrected chi connectivity index (χ1v) is 8.07. The molecule has 1 amide bonds. The Morgan fingerprint density at radius 1 is 1.17 bits per heavy atom. The number of fused-ring (bicyclic) bond motifs is 1. The van der Waals surface area contributed by atoms with Gasteiger partial charge in [0.25, 0.3) is 0 Å². The van der Waals surface area contributed by atoms with Crippen molar-refractivity contribution >= 4 is 16.9 Å². The maximum Gasteiger partial charge on any atom is 0.224 e. The van der Waals surface area contributed by atoms with E-state index in [0.29, 0.717) is 12.1 Å². The standard InChI is InChI=1S/C19H20FN3O/c1-14-22-17-9-4-5-10-18(17)23(14)12-6-11-21-19(24)13-15-7-2-3-8-16(15)20/h2-5,7-10H,6,11-13H2,1H3,(H,21,24). The Balaban J connectivity index is 1.51. The fourth-order valence-corrected chi connectivity index (χ4v) is 2.82. The first kappa shape index (κ1) is 16.2. The van der Waals surface area contributed by atoms with E-state index in [4.69, 9.17) is 0 Å². The van der Waals surface area contributed by atoms with Crippen molar-refractivity contribution < 1.29 is 9.18 Å². The fraction of sp³-hybridized carbons (Fsp3) is 0.263. The minimum atomic E-state index is -0.340. The normalized spacial score (nSPS) is 10.9. The highest BCUT2D eigenvalue weighted by atomic mass is 19.1. The molecule has 0 radical (unpaired) electrons. The lowest BCUT2D eigenvalue weighted by molar-refractivity contribution is -0.120. The molecule has 124 valence electrons. The van der Waals surface area contributed by atoms with Crippen LogP contribution in [0.1, 0.15) is 17.8 Å². The summed E-state index contributed by atoms with van der Waals surface area (Å²) in [5.74, 6) is 0.467. The van der Waals surface area contributed by atoms with E-state index in [9.17, 15) is 9.18 Å². The maximum atomic E-state index is 13.5. The van der Waals surface area contributed by atoms with Gasteiger partial charge in [-0.3, -0.25) is 4.79 Å². The minimum absolute atomic E-state index is 0.0692. The van der Waals surface area contributed by atoms with Gasteiger partial charge in [-0.25, -0.2) is 9.37 Å². The van der Waals surface area contributed by atoms with Crippen LogP contribution in [-0.4, -0.2) is 22.0 Å². The molecule has 0 saturated carbocycles. The highest BCUT2D eigenvalue weighted by molar-refractivity contribution is 5.78. The summed E-state index contributed by atoms with van der Waals surface area (Å²) in [6, 6.07) is 14.4. The lowest BCUT2D eigenvalue weighted by Crippen LogP contribution is -2.27. The first-order valence-electron chi connectivity index (χ1n) is 8.07. The van der Waals surface area contributed by atoms with Crippen molar-refractivity contribution in [3.8, 4) is 0 Å². The fourth-order valence-electron chi connectivity index (χ4n) is 2.82. The van der Waals surface area contributed by atoms with E-state index < -0.39 is 0 Å². The van der Waals surface area contributed by atoms with Gasteiger partial charge in [0, 0.05) is 13.1 Å². The number of aromatic nitrogens is 2. The number of imidazole rings is 1. The molecule has 3 rings (SSSR count). The van der Waals surface area contributed by atoms with Gasteiger partial charge in [0.1, 0.15) is 11.6 Å². The zero-order chi connectivity index (χ0) is 16.9. The number of nitrogens with zero attached hydrogens (tertiary/aromatic N) is 2. The lowest BCUT2D eigenvalue weighted by Gasteiger charge is -2.08. The van der Waals surface area contributed by atoms with E-state index in [0.717, 1.165) is 29.8 Å². The number of carbonyl (C=O) groups is 1. The third-order valence-corrected chi connectivity index (χ3v) is 4.03. The Morgan fingerprint density at radius 3 is 2.75 bits per heavy atom. The Hall–Kier alpha value is -2.69. The Labute approximate surface area is 140 Å². The summed E-state index contributed by atoms with van der Waals surface area (Å²) >= 11 is 0. The van der Waals surface area contributed by atoms with Crippen LogP contribution in [0.2, 0.25) is 0 Å². The van der Waals surface area contributed by atoms with Crippen molar-refractivity contribution in [2.75, 3.05) is 6.54 Å². The summed E-state index contributed by atoms with van der Waals surface area (Å²) in [4.78, 5) is 16.4. The summed E-state index contributed by atoms with van der Waals surface area (Å²) in [5.41, 5.74) is 2.51. The van der Waals surface area contributed by atoms with Crippen molar-refractivity contribution in [1.82, 2.24) is 14.9 Å². The molecule has 0 aliphatic heterocycles. The zero-order valence-corrected chi connectivity index (χ0v) is 13.6. The first-order chi connectivity index (χ1) is 11.6. The number of para-hydroxylation sites is 2. The van der Waals surface area contributed by atoms with Gasteiger partial charge in [0.2, 0.25) is 5.91 Å². The SMILES string of the molecule is Cc1nc2ccccc2n1CCCNC(=O)Cc1ccccc1F. The second-order valence-corrected chi connectivity index (χ2v) is 5.77. The number of aryl methyl sites for hydroxylation is 2. The van der Waals surface area contributed by atoms with Crippen LogP contribution in [-0.2, 0) is 17.8 Å². The zero-order valence-electron chi connectivity index (χ0n) is 13.6. The molecular weight excluding hydrogens is 305 g/mol. The molecule has 24 heavy (non-hydrogen) atoms. The van der Waals surface area contributed by atoms with Crippen LogP contribution in [0, 0.1) is 12.7 Å². The molecule has 1 N–H and O–H groups in total.